The Hall–Kier alpha value is -0.630. The van der Waals surface area contributed by atoms with Crippen LogP contribution in [-0.4, -0.2) is 16.5 Å². The third-order valence-electron chi connectivity index (χ3n) is 12.5. The number of rotatable bonds is 5. The molecule has 188 valence electrons. The summed E-state index contributed by atoms with van der Waals surface area (Å²) in [6.45, 7) is 23.1. The standard InChI is InChI=1S/C31H52O2/c1-20(2)21(3)11-18-31(9,33)22-12-16-30(8)26(22)23(32)19-25-28(6)15-10-14-27(4,5)24(28)13-17-29(25,30)7/h20,22,24-26,33H,3,10-19H2,1-2,4-9H3. The van der Waals surface area contributed by atoms with Crippen LogP contribution >= 0.6 is 0 Å². The molecule has 0 heterocycles. The number of allylic oxidation sites excluding steroid dienone is 1. The van der Waals surface area contributed by atoms with E-state index < -0.39 is 5.60 Å². The Balaban J connectivity index is 1.65. The molecule has 0 bridgehead atoms. The van der Waals surface area contributed by atoms with Gasteiger partial charge in [0, 0.05) is 12.3 Å². The second-order valence-corrected chi connectivity index (χ2v) is 14.8. The van der Waals surface area contributed by atoms with Crippen LogP contribution in [0.15, 0.2) is 12.2 Å². The molecule has 0 aromatic rings. The summed E-state index contributed by atoms with van der Waals surface area (Å²) in [6.07, 6.45) is 10.9. The normalized spacial score (nSPS) is 46.3. The van der Waals surface area contributed by atoms with E-state index in [1.165, 1.54) is 37.7 Å². The summed E-state index contributed by atoms with van der Waals surface area (Å²) >= 11 is 0. The van der Waals surface area contributed by atoms with Crippen molar-refractivity contribution >= 4 is 5.78 Å². The zero-order valence-electron chi connectivity index (χ0n) is 23.0. The Morgan fingerprint density at radius 1 is 1.03 bits per heavy atom. The number of carbonyl (C=O) groups is 1. The fraction of sp³-hybridized carbons (Fsp3) is 0.903. The summed E-state index contributed by atoms with van der Waals surface area (Å²) in [5.41, 5.74) is 1.27. The van der Waals surface area contributed by atoms with Crippen LogP contribution in [0.2, 0.25) is 0 Å². The second kappa shape index (κ2) is 7.94. The Morgan fingerprint density at radius 2 is 1.67 bits per heavy atom. The number of ketones is 1. The first-order valence-electron chi connectivity index (χ1n) is 14.0. The quantitative estimate of drug-likeness (QED) is 0.426. The van der Waals surface area contributed by atoms with E-state index in [0.29, 0.717) is 23.0 Å². The lowest BCUT2D eigenvalue weighted by Gasteiger charge is -2.69. The minimum Gasteiger partial charge on any atom is -0.390 e. The molecular weight excluding hydrogens is 404 g/mol. The molecule has 2 nitrogen and oxygen atoms in total. The monoisotopic (exact) mass is 456 g/mol. The zero-order chi connectivity index (χ0) is 24.6. The summed E-state index contributed by atoms with van der Waals surface area (Å²) < 4.78 is 0. The molecule has 1 N–H and O–H groups in total. The van der Waals surface area contributed by atoms with Gasteiger partial charge in [0.25, 0.3) is 0 Å². The fourth-order valence-electron chi connectivity index (χ4n) is 10.1. The van der Waals surface area contributed by atoms with E-state index in [2.05, 4.69) is 55.0 Å². The summed E-state index contributed by atoms with van der Waals surface area (Å²) in [6, 6.07) is 0. The lowest BCUT2D eigenvalue weighted by molar-refractivity contribution is -0.206. The summed E-state index contributed by atoms with van der Waals surface area (Å²) in [4.78, 5) is 14.0. The largest absolute Gasteiger partial charge is 0.390 e. The van der Waals surface area contributed by atoms with Gasteiger partial charge in [0.15, 0.2) is 0 Å². The van der Waals surface area contributed by atoms with Gasteiger partial charge in [-0.25, -0.2) is 0 Å². The zero-order valence-corrected chi connectivity index (χ0v) is 23.0. The maximum atomic E-state index is 14.0. The Bertz CT molecular complexity index is 806. The van der Waals surface area contributed by atoms with Crippen molar-refractivity contribution in [2.75, 3.05) is 0 Å². The van der Waals surface area contributed by atoms with E-state index in [9.17, 15) is 9.90 Å². The van der Waals surface area contributed by atoms with Gasteiger partial charge in [0.2, 0.25) is 0 Å². The van der Waals surface area contributed by atoms with Crippen molar-refractivity contribution in [2.24, 2.45) is 51.2 Å². The first kappa shape index (κ1) is 25.5. The van der Waals surface area contributed by atoms with Gasteiger partial charge < -0.3 is 5.11 Å². The smallest absolute Gasteiger partial charge is 0.137 e. The van der Waals surface area contributed by atoms with Gasteiger partial charge >= 0.3 is 0 Å². The molecule has 0 saturated heterocycles. The first-order chi connectivity index (χ1) is 15.1. The van der Waals surface area contributed by atoms with Gasteiger partial charge in [-0.15, -0.1) is 0 Å². The summed E-state index contributed by atoms with van der Waals surface area (Å²) in [5, 5.41) is 11.7. The van der Waals surface area contributed by atoms with Crippen LogP contribution in [0.25, 0.3) is 0 Å². The number of aliphatic hydroxyl groups is 1. The van der Waals surface area contributed by atoms with E-state index in [-0.39, 0.29) is 28.1 Å². The van der Waals surface area contributed by atoms with E-state index in [1.54, 1.807) is 0 Å². The molecule has 0 amide bonds. The van der Waals surface area contributed by atoms with Gasteiger partial charge in [-0.05, 0) is 104 Å². The van der Waals surface area contributed by atoms with Crippen molar-refractivity contribution < 1.29 is 9.90 Å². The highest BCUT2D eigenvalue weighted by atomic mass is 16.3. The minimum atomic E-state index is -0.799. The average Bonchev–Trinajstić information content (AvgIpc) is 3.08. The van der Waals surface area contributed by atoms with Crippen molar-refractivity contribution in [2.45, 2.75) is 125 Å². The van der Waals surface area contributed by atoms with Gasteiger partial charge in [0.05, 0.1) is 5.60 Å². The van der Waals surface area contributed by atoms with Crippen molar-refractivity contribution in [1.29, 1.82) is 0 Å². The van der Waals surface area contributed by atoms with Gasteiger partial charge in [-0.3, -0.25) is 4.79 Å². The van der Waals surface area contributed by atoms with E-state index in [0.717, 1.165) is 38.0 Å². The number of Topliss-reactive ketones (excluding diaryl/α,β-unsaturated/α-hetero) is 1. The molecule has 2 heteroatoms. The highest BCUT2D eigenvalue weighted by Crippen LogP contribution is 2.75. The van der Waals surface area contributed by atoms with Crippen LogP contribution in [0.3, 0.4) is 0 Å². The lowest BCUT2D eigenvalue weighted by Crippen LogP contribution is -2.64. The molecule has 0 aliphatic heterocycles. The second-order valence-electron chi connectivity index (χ2n) is 14.8. The van der Waals surface area contributed by atoms with Crippen molar-refractivity contribution in [1.82, 2.24) is 0 Å². The number of carbonyl (C=O) groups excluding carboxylic acids is 1. The molecule has 0 aromatic carbocycles. The predicted octanol–water partition coefficient (Wildman–Crippen LogP) is 7.98. The minimum absolute atomic E-state index is 0.00623. The van der Waals surface area contributed by atoms with E-state index in [4.69, 9.17) is 0 Å². The van der Waals surface area contributed by atoms with Gasteiger partial charge in [-0.2, -0.15) is 0 Å². The van der Waals surface area contributed by atoms with E-state index in [1.807, 2.05) is 6.92 Å². The average molecular weight is 457 g/mol. The third-order valence-corrected chi connectivity index (χ3v) is 12.5. The predicted molar refractivity (Wildman–Crippen MR) is 138 cm³/mol. The van der Waals surface area contributed by atoms with Crippen LogP contribution in [0.4, 0.5) is 0 Å². The van der Waals surface area contributed by atoms with Crippen molar-refractivity contribution in [3.8, 4) is 0 Å². The van der Waals surface area contributed by atoms with Crippen molar-refractivity contribution in [3.63, 3.8) is 0 Å². The summed E-state index contributed by atoms with van der Waals surface area (Å²) in [5.74, 6) is 2.23. The highest BCUT2D eigenvalue weighted by molar-refractivity contribution is 5.84. The molecule has 4 rings (SSSR count). The molecular formula is C31H52O2. The molecule has 0 spiro atoms. The summed E-state index contributed by atoms with van der Waals surface area (Å²) in [7, 11) is 0. The molecule has 8 unspecified atom stereocenters. The van der Waals surface area contributed by atoms with Crippen LogP contribution in [-0.2, 0) is 4.79 Å². The molecule has 4 saturated carbocycles. The van der Waals surface area contributed by atoms with Crippen molar-refractivity contribution in [3.05, 3.63) is 12.2 Å². The SMILES string of the molecule is C=C(CCC(C)(O)C1CCC2(C)C1C(=O)CC1C3(C)CCCC(C)(C)C3CCC12C)C(C)C. The molecule has 8 atom stereocenters. The Labute approximate surface area is 204 Å². The highest BCUT2D eigenvalue weighted by Gasteiger charge is 2.70. The topological polar surface area (TPSA) is 37.3 Å². The van der Waals surface area contributed by atoms with Gasteiger partial charge in [-0.1, -0.05) is 67.0 Å². The molecule has 0 radical (unpaired) electrons. The molecule has 4 aliphatic carbocycles. The maximum absolute atomic E-state index is 14.0. The van der Waals surface area contributed by atoms with Crippen LogP contribution < -0.4 is 0 Å². The number of hydrogen-bond acceptors (Lipinski definition) is 2. The van der Waals surface area contributed by atoms with Crippen LogP contribution in [0.1, 0.15) is 120 Å². The fourth-order valence-corrected chi connectivity index (χ4v) is 10.1. The lowest BCUT2D eigenvalue weighted by atomic mass is 9.35. The Morgan fingerprint density at radius 3 is 2.30 bits per heavy atom. The van der Waals surface area contributed by atoms with Crippen LogP contribution in [0.5, 0.6) is 0 Å². The number of hydrogen-bond donors (Lipinski definition) is 1. The van der Waals surface area contributed by atoms with Crippen LogP contribution in [0, 0.1) is 51.2 Å². The van der Waals surface area contributed by atoms with E-state index >= 15 is 0 Å². The molecule has 4 fully saturated rings. The maximum Gasteiger partial charge on any atom is 0.137 e. The molecule has 0 aromatic heterocycles. The van der Waals surface area contributed by atoms with Gasteiger partial charge in [0.1, 0.15) is 5.78 Å². The molecule has 4 aliphatic rings. The Kier molecular flexibility index (Phi) is 6.13. The number of fused-ring (bicyclic) bond motifs is 5. The molecule has 33 heavy (non-hydrogen) atoms. The first-order valence-corrected chi connectivity index (χ1v) is 14.0. The third kappa shape index (κ3) is 3.63.